The standard InChI is InChI=1S/C13H16FNO3S/c1-8(2)12(13(17)18)19-7-11(16)15-10-6-4-3-5-9(10)14/h3-6,8,12H,7H2,1-2H3,(H,15,16)(H,17,18). The lowest BCUT2D eigenvalue weighted by Gasteiger charge is -2.15. The van der Waals surface area contributed by atoms with E-state index < -0.39 is 22.9 Å². The molecule has 0 aliphatic rings. The lowest BCUT2D eigenvalue weighted by molar-refractivity contribution is -0.137. The van der Waals surface area contributed by atoms with Gasteiger partial charge in [0.15, 0.2) is 0 Å². The Labute approximate surface area is 115 Å². The van der Waals surface area contributed by atoms with E-state index >= 15 is 0 Å². The quantitative estimate of drug-likeness (QED) is 0.843. The second kappa shape index (κ2) is 7.13. The number of rotatable bonds is 6. The number of aliphatic carboxylic acids is 1. The first-order valence-corrected chi connectivity index (χ1v) is 6.85. The van der Waals surface area contributed by atoms with Crippen LogP contribution in [0.4, 0.5) is 10.1 Å². The van der Waals surface area contributed by atoms with E-state index in [0.717, 1.165) is 11.8 Å². The van der Waals surface area contributed by atoms with Crippen LogP contribution in [0.15, 0.2) is 24.3 Å². The molecule has 1 aromatic rings. The SMILES string of the molecule is CC(C)C(SCC(=O)Nc1ccccc1F)C(=O)O. The summed E-state index contributed by atoms with van der Waals surface area (Å²) in [6.07, 6.45) is 0. The van der Waals surface area contributed by atoms with Crippen LogP contribution in [-0.4, -0.2) is 28.0 Å². The van der Waals surface area contributed by atoms with Crippen LogP contribution in [0.25, 0.3) is 0 Å². The zero-order chi connectivity index (χ0) is 14.4. The van der Waals surface area contributed by atoms with Gasteiger partial charge in [0.2, 0.25) is 5.91 Å². The first-order valence-electron chi connectivity index (χ1n) is 5.80. The molecule has 1 atom stereocenters. The number of amides is 1. The molecule has 104 valence electrons. The van der Waals surface area contributed by atoms with Crippen LogP contribution in [-0.2, 0) is 9.59 Å². The number of carbonyl (C=O) groups is 2. The second-order valence-corrected chi connectivity index (χ2v) is 5.47. The van der Waals surface area contributed by atoms with Gasteiger partial charge in [-0.15, -0.1) is 11.8 Å². The number of halogens is 1. The third-order valence-corrected chi connectivity index (χ3v) is 3.92. The Hall–Kier alpha value is -1.56. The Morgan fingerprint density at radius 2 is 2.00 bits per heavy atom. The summed E-state index contributed by atoms with van der Waals surface area (Å²) in [5.41, 5.74) is 0.101. The largest absolute Gasteiger partial charge is 0.480 e. The fourth-order valence-corrected chi connectivity index (χ4v) is 2.39. The molecule has 1 amide bonds. The van der Waals surface area contributed by atoms with Gasteiger partial charge in [-0.25, -0.2) is 4.39 Å². The highest BCUT2D eigenvalue weighted by Crippen LogP contribution is 2.20. The highest BCUT2D eigenvalue weighted by molar-refractivity contribution is 8.01. The first-order chi connectivity index (χ1) is 8.91. The van der Waals surface area contributed by atoms with Gasteiger partial charge in [0.1, 0.15) is 11.1 Å². The average molecular weight is 285 g/mol. The Morgan fingerprint density at radius 1 is 1.37 bits per heavy atom. The first kappa shape index (κ1) is 15.5. The van der Waals surface area contributed by atoms with Crippen LogP contribution in [0.2, 0.25) is 0 Å². The topological polar surface area (TPSA) is 66.4 Å². The minimum Gasteiger partial charge on any atom is -0.480 e. The molecule has 0 saturated carbocycles. The second-order valence-electron chi connectivity index (χ2n) is 4.34. The molecule has 0 aromatic heterocycles. The average Bonchev–Trinajstić information content (AvgIpc) is 2.31. The summed E-state index contributed by atoms with van der Waals surface area (Å²) in [5, 5.41) is 10.7. The van der Waals surface area contributed by atoms with Gasteiger partial charge >= 0.3 is 5.97 Å². The summed E-state index contributed by atoms with van der Waals surface area (Å²) >= 11 is 1.04. The monoisotopic (exact) mass is 285 g/mol. The van der Waals surface area contributed by atoms with Gasteiger partial charge < -0.3 is 10.4 Å². The Morgan fingerprint density at radius 3 is 2.53 bits per heavy atom. The number of hydrogen-bond acceptors (Lipinski definition) is 3. The number of carboxylic acid groups (broad SMARTS) is 1. The van der Waals surface area contributed by atoms with E-state index in [-0.39, 0.29) is 17.4 Å². The summed E-state index contributed by atoms with van der Waals surface area (Å²) in [7, 11) is 0. The minimum atomic E-state index is -0.946. The molecule has 1 unspecified atom stereocenters. The molecule has 0 aliphatic carbocycles. The number of hydrogen-bond donors (Lipinski definition) is 2. The number of anilines is 1. The molecule has 0 aliphatic heterocycles. The lowest BCUT2D eigenvalue weighted by Crippen LogP contribution is -2.25. The van der Waals surface area contributed by atoms with Gasteiger partial charge in [0.25, 0.3) is 0 Å². The third-order valence-electron chi connectivity index (χ3n) is 2.39. The number of para-hydroxylation sites is 1. The highest BCUT2D eigenvalue weighted by Gasteiger charge is 2.23. The van der Waals surface area contributed by atoms with Crippen molar-refractivity contribution >= 4 is 29.3 Å². The maximum Gasteiger partial charge on any atom is 0.316 e. The van der Waals surface area contributed by atoms with Crippen molar-refractivity contribution < 1.29 is 19.1 Å². The van der Waals surface area contributed by atoms with Crippen molar-refractivity contribution in [3.63, 3.8) is 0 Å². The molecule has 2 N–H and O–H groups in total. The smallest absolute Gasteiger partial charge is 0.316 e. The zero-order valence-corrected chi connectivity index (χ0v) is 11.5. The Bertz CT molecular complexity index is 465. The zero-order valence-electron chi connectivity index (χ0n) is 10.7. The third kappa shape index (κ3) is 4.90. The molecule has 0 bridgehead atoms. The van der Waals surface area contributed by atoms with Crippen LogP contribution in [0.1, 0.15) is 13.8 Å². The van der Waals surface area contributed by atoms with Crippen LogP contribution in [0.5, 0.6) is 0 Å². The molecule has 0 saturated heterocycles. The fraction of sp³-hybridized carbons (Fsp3) is 0.385. The van der Waals surface area contributed by atoms with Gasteiger partial charge in [-0.2, -0.15) is 0 Å². The van der Waals surface area contributed by atoms with Crippen molar-refractivity contribution in [3.8, 4) is 0 Å². The molecule has 19 heavy (non-hydrogen) atoms. The van der Waals surface area contributed by atoms with Crippen molar-refractivity contribution in [1.29, 1.82) is 0 Å². The normalized spacial score (nSPS) is 12.2. The van der Waals surface area contributed by atoms with E-state index in [4.69, 9.17) is 5.11 Å². The summed E-state index contributed by atoms with van der Waals surface area (Å²) < 4.78 is 13.3. The number of carbonyl (C=O) groups excluding carboxylic acids is 1. The maximum absolute atomic E-state index is 13.3. The number of thioether (sulfide) groups is 1. The molecule has 0 heterocycles. The van der Waals surface area contributed by atoms with Crippen molar-refractivity contribution in [1.82, 2.24) is 0 Å². The van der Waals surface area contributed by atoms with E-state index in [1.165, 1.54) is 18.2 Å². The summed E-state index contributed by atoms with van der Waals surface area (Å²) in [6, 6.07) is 5.84. The highest BCUT2D eigenvalue weighted by atomic mass is 32.2. The van der Waals surface area contributed by atoms with Crippen LogP contribution >= 0.6 is 11.8 Å². The van der Waals surface area contributed by atoms with E-state index in [2.05, 4.69) is 5.32 Å². The number of benzene rings is 1. The molecule has 1 rings (SSSR count). The molecule has 0 spiro atoms. The van der Waals surface area contributed by atoms with Crippen molar-refractivity contribution in [2.24, 2.45) is 5.92 Å². The van der Waals surface area contributed by atoms with Gasteiger partial charge in [0.05, 0.1) is 11.4 Å². The van der Waals surface area contributed by atoms with E-state index in [9.17, 15) is 14.0 Å². The van der Waals surface area contributed by atoms with E-state index in [1.807, 2.05) is 0 Å². The van der Waals surface area contributed by atoms with Gasteiger partial charge in [-0.3, -0.25) is 9.59 Å². The van der Waals surface area contributed by atoms with Crippen molar-refractivity contribution in [2.45, 2.75) is 19.1 Å². The molecule has 1 aromatic carbocycles. The van der Waals surface area contributed by atoms with E-state index in [0.29, 0.717) is 0 Å². The van der Waals surface area contributed by atoms with Crippen molar-refractivity contribution in [2.75, 3.05) is 11.1 Å². The van der Waals surface area contributed by atoms with Crippen LogP contribution < -0.4 is 5.32 Å². The Kier molecular flexibility index (Phi) is 5.82. The van der Waals surface area contributed by atoms with Gasteiger partial charge in [-0.05, 0) is 18.1 Å². The molecule has 0 fully saturated rings. The van der Waals surface area contributed by atoms with Crippen LogP contribution in [0, 0.1) is 11.7 Å². The Balaban J connectivity index is 2.52. The molecular weight excluding hydrogens is 269 g/mol. The molecule has 4 nitrogen and oxygen atoms in total. The summed E-state index contributed by atoms with van der Waals surface area (Å²) in [6.45, 7) is 3.56. The molecule has 6 heteroatoms. The lowest BCUT2D eigenvalue weighted by atomic mass is 10.1. The minimum absolute atomic E-state index is 0.0243. The van der Waals surface area contributed by atoms with Crippen molar-refractivity contribution in [3.05, 3.63) is 30.1 Å². The number of nitrogens with one attached hydrogen (secondary N) is 1. The summed E-state index contributed by atoms with van der Waals surface area (Å²) in [4.78, 5) is 22.6. The predicted octanol–water partition coefficient (Wildman–Crippen LogP) is 2.61. The maximum atomic E-state index is 13.3. The van der Waals surface area contributed by atoms with Gasteiger partial charge in [-0.1, -0.05) is 26.0 Å². The fourth-order valence-electron chi connectivity index (χ4n) is 1.46. The molecule has 0 radical (unpaired) electrons. The summed E-state index contributed by atoms with van der Waals surface area (Å²) in [5.74, 6) is -1.98. The van der Waals surface area contributed by atoms with E-state index in [1.54, 1.807) is 19.9 Å². The van der Waals surface area contributed by atoms with Gasteiger partial charge in [0, 0.05) is 0 Å². The molecular formula is C13H16FNO3S. The predicted molar refractivity (Wildman–Crippen MR) is 73.7 cm³/mol. The van der Waals surface area contributed by atoms with Crippen LogP contribution in [0.3, 0.4) is 0 Å². The number of carboxylic acids is 1.